The predicted molar refractivity (Wildman–Crippen MR) is 75.7 cm³/mol. The monoisotopic (exact) mass is 268 g/mol. The van der Waals surface area contributed by atoms with Crippen molar-refractivity contribution in [1.29, 1.82) is 5.26 Å². The molecule has 0 aromatic rings. The van der Waals surface area contributed by atoms with E-state index in [-0.39, 0.29) is 5.54 Å². The number of nitriles is 1. The van der Waals surface area contributed by atoms with Crippen LogP contribution in [0, 0.1) is 11.3 Å². The van der Waals surface area contributed by atoms with E-state index in [1.807, 2.05) is 18.7 Å². The maximum absolute atomic E-state index is 9.28. The molecule has 3 nitrogen and oxygen atoms in total. The maximum Gasteiger partial charge on any atom is 0.104 e. The van der Waals surface area contributed by atoms with E-state index >= 15 is 0 Å². The van der Waals surface area contributed by atoms with Crippen LogP contribution in [0.5, 0.6) is 0 Å². The van der Waals surface area contributed by atoms with Gasteiger partial charge in [-0.1, -0.05) is 0 Å². The lowest BCUT2D eigenvalue weighted by Crippen LogP contribution is -2.42. The van der Waals surface area contributed by atoms with Crippen molar-refractivity contribution in [3.8, 4) is 6.07 Å². The van der Waals surface area contributed by atoms with Gasteiger partial charge in [0, 0.05) is 17.9 Å². The number of hydrogen-bond acceptors (Lipinski definition) is 4. The van der Waals surface area contributed by atoms with Gasteiger partial charge in [-0.15, -0.1) is 0 Å². The van der Waals surface area contributed by atoms with Gasteiger partial charge in [-0.05, 0) is 51.7 Å². The Bertz CT molecular complexity index is 313. The fraction of sp³-hybridized carbons (Fsp3) is 0.929. The second kappa shape index (κ2) is 6.27. The van der Waals surface area contributed by atoms with Crippen LogP contribution in [0.2, 0.25) is 0 Å². The molecule has 1 saturated carbocycles. The van der Waals surface area contributed by atoms with Crippen LogP contribution in [0.1, 0.15) is 46.0 Å². The van der Waals surface area contributed by atoms with Crippen LogP contribution < -0.4 is 5.32 Å². The molecule has 0 amide bonds. The van der Waals surface area contributed by atoms with Crippen LogP contribution in [-0.2, 0) is 4.74 Å². The summed E-state index contributed by atoms with van der Waals surface area (Å²) in [5.41, 5.74) is -0.320. The fourth-order valence-electron chi connectivity index (χ4n) is 2.43. The number of hydrogen-bond donors (Lipinski definition) is 1. The summed E-state index contributed by atoms with van der Waals surface area (Å²) in [5.74, 6) is 1.14. The molecule has 1 N–H and O–H groups in total. The quantitative estimate of drug-likeness (QED) is 0.721. The largest absolute Gasteiger partial charge is 0.377 e. The van der Waals surface area contributed by atoms with E-state index in [9.17, 15) is 5.26 Å². The Morgan fingerprint density at radius 3 is 2.78 bits per heavy atom. The van der Waals surface area contributed by atoms with E-state index in [4.69, 9.17) is 4.74 Å². The van der Waals surface area contributed by atoms with Crippen molar-refractivity contribution in [3.63, 3.8) is 0 Å². The molecule has 0 bridgehead atoms. The van der Waals surface area contributed by atoms with Crippen LogP contribution in [0.3, 0.4) is 0 Å². The van der Waals surface area contributed by atoms with Crippen molar-refractivity contribution < 1.29 is 4.74 Å². The van der Waals surface area contributed by atoms with Gasteiger partial charge in [0.15, 0.2) is 0 Å². The zero-order valence-corrected chi connectivity index (χ0v) is 12.3. The van der Waals surface area contributed by atoms with Crippen molar-refractivity contribution in [2.24, 2.45) is 0 Å². The summed E-state index contributed by atoms with van der Waals surface area (Å²) in [6.45, 7) is 5.12. The first-order valence-corrected chi connectivity index (χ1v) is 8.10. The topological polar surface area (TPSA) is 45.0 Å². The van der Waals surface area contributed by atoms with Crippen molar-refractivity contribution in [3.05, 3.63) is 0 Å². The number of nitrogens with zero attached hydrogens (tertiary/aromatic N) is 1. The van der Waals surface area contributed by atoms with E-state index < -0.39 is 0 Å². The maximum atomic E-state index is 9.28. The fourth-order valence-corrected chi connectivity index (χ4v) is 3.66. The molecule has 1 aliphatic carbocycles. The third-order valence-corrected chi connectivity index (χ3v) is 5.38. The van der Waals surface area contributed by atoms with E-state index in [2.05, 4.69) is 18.3 Å². The predicted octanol–water partition coefficient (Wildman–Crippen LogP) is 2.71. The van der Waals surface area contributed by atoms with Crippen molar-refractivity contribution in [2.45, 2.75) is 68.9 Å². The molecule has 2 fully saturated rings. The second-order valence-electron chi connectivity index (χ2n) is 5.74. The minimum Gasteiger partial charge on any atom is -0.377 e. The van der Waals surface area contributed by atoms with Gasteiger partial charge in [0.05, 0.1) is 12.2 Å². The van der Waals surface area contributed by atoms with Gasteiger partial charge < -0.3 is 4.74 Å². The first-order valence-electron chi connectivity index (χ1n) is 7.05. The molecule has 2 aliphatic rings. The highest BCUT2D eigenvalue weighted by Crippen LogP contribution is 2.28. The Morgan fingerprint density at radius 1 is 1.44 bits per heavy atom. The zero-order chi connectivity index (χ0) is 13.0. The number of ether oxygens (including phenoxy) is 1. The highest BCUT2D eigenvalue weighted by Gasteiger charge is 2.32. The molecule has 3 atom stereocenters. The van der Waals surface area contributed by atoms with Gasteiger partial charge >= 0.3 is 0 Å². The van der Waals surface area contributed by atoms with Crippen molar-refractivity contribution in [2.75, 3.05) is 12.4 Å². The lowest BCUT2D eigenvalue weighted by molar-refractivity contribution is 0.127. The minimum atomic E-state index is -0.320. The van der Waals surface area contributed by atoms with Crippen molar-refractivity contribution >= 4 is 11.8 Å². The van der Waals surface area contributed by atoms with E-state index in [0.717, 1.165) is 25.2 Å². The molecule has 1 saturated heterocycles. The molecule has 4 heteroatoms. The average Bonchev–Trinajstić information content (AvgIpc) is 3.07. The Labute approximate surface area is 115 Å². The van der Waals surface area contributed by atoms with E-state index in [1.54, 1.807) is 0 Å². The third kappa shape index (κ3) is 4.15. The number of rotatable bonds is 7. The molecule has 0 aromatic carbocycles. The summed E-state index contributed by atoms with van der Waals surface area (Å²) in [4.78, 5) is 0. The SMILES string of the molecule is CC1OCCC1SCCCC(C)(C#N)NC1CC1. The molecular formula is C14H24N2OS. The van der Waals surface area contributed by atoms with Gasteiger partial charge in [-0.2, -0.15) is 17.0 Å². The van der Waals surface area contributed by atoms with Gasteiger partial charge in [0.25, 0.3) is 0 Å². The molecule has 0 radical (unpaired) electrons. The molecule has 18 heavy (non-hydrogen) atoms. The van der Waals surface area contributed by atoms with Gasteiger partial charge in [0.1, 0.15) is 5.54 Å². The average molecular weight is 268 g/mol. The summed E-state index contributed by atoms with van der Waals surface area (Å²) in [6, 6.07) is 3.04. The van der Waals surface area contributed by atoms with E-state index in [0.29, 0.717) is 17.4 Å². The van der Waals surface area contributed by atoms with Gasteiger partial charge in [-0.25, -0.2) is 0 Å². The van der Waals surface area contributed by atoms with Gasteiger partial charge in [0.2, 0.25) is 0 Å². The third-order valence-electron chi connectivity index (χ3n) is 3.81. The zero-order valence-electron chi connectivity index (χ0n) is 11.4. The Balaban J connectivity index is 1.62. The van der Waals surface area contributed by atoms with Crippen LogP contribution in [0.4, 0.5) is 0 Å². The Kier molecular flexibility index (Phi) is 4.94. The summed E-state index contributed by atoms with van der Waals surface area (Å²) in [5, 5.41) is 13.4. The Morgan fingerprint density at radius 2 is 2.22 bits per heavy atom. The smallest absolute Gasteiger partial charge is 0.104 e. The standard InChI is InChI=1S/C14H24N2OS/c1-11-13(6-8-17-11)18-9-3-7-14(2,10-15)16-12-4-5-12/h11-13,16H,3-9H2,1-2H3. The summed E-state index contributed by atoms with van der Waals surface area (Å²) >= 11 is 2.02. The normalized spacial score (nSPS) is 30.9. The molecule has 102 valence electrons. The second-order valence-corrected chi connectivity index (χ2v) is 7.09. The summed E-state index contributed by atoms with van der Waals surface area (Å²) in [6.07, 6.45) is 6.13. The lowest BCUT2D eigenvalue weighted by Gasteiger charge is -2.23. The van der Waals surface area contributed by atoms with Crippen LogP contribution in [0.15, 0.2) is 0 Å². The van der Waals surface area contributed by atoms with Crippen LogP contribution >= 0.6 is 11.8 Å². The lowest BCUT2D eigenvalue weighted by atomic mass is 9.98. The number of thioether (sulfide) groups is 1. The molecular weight excluding hydrogens is 244 g/mol. The molecule has 0 aromatic heterocycles. The molecule has 1 aliphatic heterocycles. The molecule has 1 heterocycles. The summed E-state index contributed by atoms with van der Waals surface area (Å²) in [7, 11) is 0. The highest BCUT2D eigenvalue weighted by molar-refractivity contribution is 7.99. The number of nitrogens with one attached hydrogen (secondary N) is 1. The van der Waals surface area contributed by atoms with Crippen LogP contribution in [-0.4, -0.2) is 35.3 Å². The highest BCUT2D eigenvalue weighted by atomic mass is 32.2. The Hall–Kier alpha value is -0.240. The molecule has 2 rings (SSSR count). The first-order chi connectivity index (χ1) is 8.63. The van der Waals surface area contributed by atoms with E-state index in [1.165, 1.54) is 19.3 Å². The van der Waals surface area contributed by atoms with Crippen LogP contribution in [0.25, 0.3) is 0 Å². The first kappa shape index (κ1) is 14.2. The molecule has 3 unspecified atom stereocenters. The minimum absolute atomic E-state index is 0.320. The summed E-state index contributed by atoms with van der Waals surface area (Å²) < 4.78 is 5.56. The molecule has 0 spiro atoms. The van der Waals surface area contributed by atoms with Gasteiger partial charge in [-0.3, -0.25) is 5.32 Å². The van der Waals surface area contributed by atoms with Crippen molar-refractivity contribution in [1.82, 2.24) is 5.32 Å².